The average molecular weight is 248 g/mol. The van der Waals surface area contributed by atoms with Crippen molar-refractivity contribution in [3.05, 3.63) is 51.9 Å². The van der Waals surface area contributed by atoms with Crippen LogP contribution in [0.25, 0.3) is 0 Å². The van der Waals surface area contributed by atoms with Crippen molar-refractivity contribution in [2.24, 2.45) is 0 Å². The van der Waals surface area contributed by atoms with E-state index in [0.29, 0.717) is 10.9 Å². The molecule has 17 heavy (non-hydrogen) atoms. The molecule has 2 N–H and O–H groups in total. The zero-order valence-corrected chi connectivity index (χ0v) is 10.1. The van der Waals surface area contributed by atoms with Crippen molar-refractivity contribution in [1.82, 2.24) is 14.9 Å². The van der Waals surface area contributed by atoms with Gasteiger partial charge in [-0.15, -0.1) is 5.10 Å². The van der Waals surface area contributed by atoms with Crippen molar-refractivity contribution in [2.75, 3.05) is 5.84 Å². The molecule has 1 aromatic heterocycles. The molecule has 2 rings (SSSR count). The van der Waals surface area contributed by atoms with Crippen LogP contribution >= 0.6 is 11.8 Å². The van der Waals surface area contributed by atoms with E-state index < -0.39 is 0 Å². The number of nitrogens with zero attached hydrogens (tertiary/aromatic N) is 3. The number of aryl methyl sites for hydroxylation is 1. The topological polar surface area (TPSA) is 73.8 Å². The van der Waals surface area contributed by atoms with E-state index in [2.05, 4.69) is 16.3 Å². The fourth-order valence-electron chi connectivity index (χ4n) is 1.38. The van der Waals surface area contributed by atoms with Crippen LogP contribution in [0, 0.1) is 6.92 Å². The molecule has 0 aliphatic carbocycles. The van der Waals surface area contributed by atoms with Crippen LogP contribution in [-0.2, 0) is 5.75 Å². The molecule has 0 unspecified atom stereocenters. The minimum atomic E-state index is -0.355. The molecule has 1 aromatic carbocycles. The molecule has 0 aliphatic heterocycles. The van der Waals surface area contributed by atoms with E-state index in [1.54, 1.807) is 0 Å². The Hall–Kier alpha value is -1.82. The molecule has 5 nitrogen and oxygen atoms in total. The van der Waals surface area contributed by atoms with Crippen molar-refractivity contribution < 1.29 is 0 Å². The second-order valence-corrected chi connectivity index (χ2v) is 4.56. The number of rotatable bonds is 3. The summed E-state index contributed by atoms with van der Waals surface area (Å²) in [5.74, 6) is 6.26. The number of hydrogen-bond donors (Lipinski definition) is 1. The normalized spacial score (nSPS) is 10.4. The number of hydrogen-bond acceptors (Lipinski definition) is 5. The number of thioether (sulfide) groups is 1. The monoisotopic (exact) mass is 248 g/mol. The van der Waals surface area contributed by atoms with Crippen molar-refractivity contribution in [2.45, 2.75) is 17.8 Å². The highest BCUT2D eigenvalue weighted by Gasteiger charge is 2.04. The number of aromatic nitrogens is 3. The Morgan fingerprint density at radius 1 is 1.47 bits per heavy atom. The lowest BCUT2D eigenvalue weighted by Gasteiger charge is -2.04. The van der Waals surface area contributed by atoms with Gasteiger partial charge < -0.3 is 5.84 Å². The van der Waals surface area contributed by atoms with Gasteiger partial charge in [0.05, 0.1) is 0 Å². The molecule has 0 radical (unpaired) electrons. The molecule has 0 atom stereocenters. The van der Waals surface area contributed by atoms with Gasteiger partial charge in [-0.05, 0) is 12.5 Å². The van der Waals surface area contributed by atoms with Crippen molar-refractivity contribution >= 4 is 11.8 Å². The molecular formula is C11H12N4OS. The number of nitrogens with two attached hydrogens (primary N) is 1. The third-order valence-electron chi connectivity index (χ3n) is 2.21. The van der Waals surface area contributed by atoms with E-state index in [1.807, 2.05) is 25.1 Å². The molecule has 6 heteroatoms. The van der Waals surface area contributed by atoms with Crippen LogP contribution in [0.4, 0.5) is 0 Å². The SMILES string of the molecule is Cc1cccc(CSc2nncc(=O)n2N)c1. The predicted octanol–water partition coefficient (Wildman–Crippen LogP) is 0.953. The number of benzene rings is 1. The smallest absolute Gasteiger partial charge is 0.291 e. The summed E-state index contributed by atoms with van der Waals surface area (Å²) in [4.78, 5) is 11.2. The summed E-state index contributed by atoms with van der Waals surface area (Å²) in [5.41, 5.74) is 2.01. The fraction of sp³-hybridized carbons (Fsp3) is 0.182. The van der Waals surface area contributed by atoms with E-state index in [9.17, 15) is 4.79 Å². The summed E-state index contributed by atoms with van der Waals surface area (Å²) in [6, 6.07) is 8.14. The largest absolute Gasteiger partial charge is 0.334 e. The van der Waals surface area contributed by atoms with E-state index in [4.69, 9.17) is 5.84 Å². The number of nitrogen functional groups attached to an aromatic ring is 1. The molecular weight excluding hydrogens is 236 g/mol. The summed E-state index contributed by atoms with van der Waals surface area (Å²) in [6.45, 7) is 2.04. The Morgan fingerprint density at radius 3 is 3.06 bits per heavy atom. The first-order valence-electron chi connectivity index (χ1n) is 5.05. The maximum atomic E-state index is 11.2. The first-order chi connectivity index (χ1) is 8.16. The Labute approximate surface area is 103 Å². The van der Waals surface area contributed by atoms with Crippen LogP contribution in [0.1, 0.15) is 11.1 Å². The van der Waals surface area contributed by atoms with Gasteiger partial charge in [0, 0.05) is 5.75 Å². The lowest BCUT2D eigenvalue weighted by atomic mass is 10.2. The van der Waals surface area contributed by atoms with E-state index >= 15 is 0 Å². The molecule has 0 bridgehead atoms. The second-order valence-electron chi connectivity index (χ2n) is 3.61. The highest BCUT2D eigenvalue weighted by atomic mass is 32.2. The van der Waals surface area contributed by atoms with Gasteiger partial charge in [-0.1, -0.05) is 41.6 Å². The minimum Gasteiger partial charge on any atom is -0.334 e. The van der Waals surface area contributed by atoms with E-state index in [0.717, 1.165) is 16.4 Å². The van der Waals surface area contributed by atoms with Crippen molar-refractivity contribution in [3.8, 4) is 0 Å². The first-order valence-corrected chi connectivity index (χ1v) is 6.03. The van der Waals surface area contributed by atoms with Crippen molar-refractivity contribution in [3.63, 3.8) is 0 Å². The Balaban J connectivity index is 2.13. The van der Waals surface area contributed by atoms with Gasteiger partial charge >= 0.3 is 0 Å². The first kappa shape index (κ1) is 11.7. The highest BCUT2D eigenvalue weighted by Crippen LogP contribution is 2.18. The maximum Gasteiger partial charge on any atom is 0.291 e. The molecule has 2 aromatic rings. The molecule has 1 heterocycles. The van der Waals surface area contributed by atoms with E-state index in [-0.39, 0.29) is 5.56 Å². The van der Waals surface area contributed by atoms with Gasteiger partial charge in [-0.3, -0.25) is 4.79 Å². The Bertz CT molecular complexity index is 582. The van der Waals surface area contributed by atoms with Gasteiger partial charge in [0.1, 0.15) is 6.20 Å². The minimum absolute atomic E-state index is 0.355. The molecule has 0 amide bonds. The van der Waals surface area contributed by atoms with Crippen LogP contribution in [0.15, 0.2) is 40.4 Å². The molecule has 0 saturated heterocycles. The van der Waals surface area contributed by atoms with Gasteiger partial charge in [-0.25, -0.2) is 0 Å². The van der Waals surface area contributed by atoms with Gasteiger partial charge in [0.15, 0.2) is 0 Å². The van der Waals surface area contributed by atoms with Crippen molar-refractivity contribution in [1.29, 1.82) is 0 Å². The van der Waals surface area contributed by atoms with E-state index in [1.165, 1.54) is 17.3 Å². The lowest BCUT2D eigenvalue weighted by molar-refractivity contribution is 0.698. The van der Waals surface area contributed by atoms with Crippen LogP contribution in [0.2, 0.25) is 0 Å². The molecule has 0 aliphatic rings. The summed E-state index contributed by atoms with van der Waals surface area (Å²) >= 11 is 1.39. The summed E-state index contributed by atoms with van der Waals surface area (Å²) in [7, 11) is 0. The van der Waals surface area contributed by atoms with Crippen LogP contribution in [-0.4, -0.2) is 14.9 Å². The third-order valence-corrected chi connectivity index (χ3v) is 3.22. The maximum absolute atomic E-state index is 11.2. The highest BCUT2D eigenvalue weighted by molar-refractivity contribution is 7.98. The zero-order valence-electron chi connectivity index (χ0n) is 9.33. The fourth-order valence-corrected chi connectivity index (χ4v) is 2.19. The average Bonchev–Trinajstić information content (AvgIpc) is 2.31. The predicted molar refractivity (Wildman–Crippen MR) is 67.2 cm³/mol. The molecule has 0 fully saturated rings. The van der Waals surface area contributed by atoms with Crippen LogP contribution < -0.4 is 11.4 Å². The quantitative estimate of drug-likeness (QED) is 0.646. The zero-order chi connectivity index (χ0) is 12.3. The van der Waals surface area contributed by atoms with Gasteiger partial charge in [-0.2, -0.15) is 9.77 Å². The molecule has 88 valence electrons. The summed E-state index contributed by atoms with van der Waals surface area (Å²) in [5, 5.41) is 7.83. The summed E-state index contributed by atoms with van der Waals surface area (Å²) in [6.07, 6.45) is 1.09. The second kappa shape index (κ2) is 5.01. The third kappa shape index (κ3) is 2.85. The summed E-state index contributed by atoms with van der Waals surface area (Å²) < 4.78 is 1.01. The lowest BCUT2D eigenvalue weighted by Crippen LogP contribution is -2.29. The standard InChI is InChI=1S/C11H12N4OS/c1-8-3-2-4-9(5-8)7-17-11-14-13-6-10(16)15(11)12/h2-6H,7,12H2,1H3. The Morgan fingerprint density at radius 2 is 2.29 bits per heavy atom. The van der Waals surface area contributed by atoms with Gasteiger partial charge in [0.2, 0.25) is 5.16 Å². The molecule has 0 saturated carbocycles. The van der Waals surface area contributed by atoms with Crippen LogP contribution in [0.5, 0.6) is 0 Å². The molecule has 0 spiro atoms. The van der Waals surface area contributed by atoms with Gasteiger partial charge in [0.25, 0.3) is 5.56 Å². The van der Waals surface area contributed by atoms with Crippen LogP contribution in [0.3, 0.4) is 0 Å². The Kier molecular flexibility index (Phi) is 3.43.